The molecule has 0 aliphatic rings. The monoisotopic (exact) mass is 174 g/mol. The Morgan fingerprint density at radius 2 is 2.17 bits per heavy atom. The minimum atomic E-state index is -0.420. The molecule has 3 heteroatoms. The first-order valence-electron chi connectivity index (χ1n) is 4.25. The number of aliphatic hydroxyl groups excluding tert-OH is 1. The fourth-order valence-corrected chi connectivity index (χ4v) is 0.462. The molecule has 0 aromatic rings. The highest BCUT2D eigenvalue weighted by Gasteiger charge is 2.00. The van der Waals surface area contributed by atoms with Gasteiger partial charge in [-0.15, -0.1) is 0 Å². The van der Waals surface area contributed by atoms with Crippen LogP contribution in [-0.2, 0) is 9.78 Å². The van der Waals surface area contributed by atoms with Crippen LogP contribution in [0.4, 0.5) is 0 Å². The van der Waals surface area contributed by atoms with Gasteiger partial charge in [0.2, 0.25) is 0 Å². The van der Waals surface area contributed by atoms with Crippen LogP contribution in [0.5, 0.6) is 0 Å². The summed E-state index contributed by atoms with van der Waals surface area (Å²) in [5, 5.41) is 9.06. The molecule has 0 fully saturated rings. The van der Waals surface area contributed by atoms with E-state index in [0.29, 0.717) is 13.0 Å². The molecule has 3 nitrogen and oxygen atoms in total. The smallest absolute Gasteiger partial charge is 0.108 e. The molecule has 1 N–H and O–H groups in total. The SMILES string of the molecule is C/C=C(/C)COOCC(O)CC. The Hall–Kier alpha value is -0.380. The highest BCUT2D eigenvalue weighted by atomic mass is 17.2. The van der Waals surface area contributed by atoms with E-state index in [4.69, 9.17) is 14.9 Å². The average molecular weight is 174 g/mol. The van der Waals surface area contributed by atoms with Gasteiger partial charge in [0.25, 0.3) is 0 Å². The highest BCUT2D eigenvalue weighted by molar-refractivity contribution is 4.94. The zero-order chi connectivity index (χ0) is 9.40. The largest absolute Gasteiger partial charge is 0.391 e. The second kappa shape index (κ2) is 7.28. The number of hydrogen-bond donors (Lipinski definition) is 1. The third-order valence-corrected chi connectivity index (χ3v) is 1.59. The first kappa shape index (κ1) is 11.6. The number of allylic oxidation sites excluding steroid dienone is 1. The van der Waals surface area contributed by atoms with E-state index in [1.807, 2.05) is 26.8 Å². The van der Waals surface area contributed by atoms with Crippen LogP contribution in [0.1, 0.15) is 27.2 Å². The maximum Gasteiger partial charge on any atom is 0.108 e. The van der Waals surface area contributed by atoms with E-state index >= 15 is 0 Å². The van der Waals surface area contributed by atoms with E-state index in [1.54, 1.807) is 0 Å². The first-order valence-corrected chi connectivity index (χ1v) is 4.25. The van der Waals surface area contributed by atoms with Crippen molar-refractivity contribution < 1.29 is 14.9 Å². The average Bonchev–Trinajstić information content (AvgIpc) is 2.11. The Bertz CT molecular complexity index is 132. The zero-order valence-corrected chi connectivity index (χ0v) is 8.04. The van der Waals surface area contributed by atoms with Gasteiger partial charge in [-0.25, -0.2) is 9.78 Å². The van der Waals surface area contributed by atoms with Gasteiger partial charge in [-0.05, 0) is 25.8 Å². The Morgan fingerprint density at radius 1 is 1.50 bits per heavy atom. The molecule has 12 heavy (non-hydrogen) atoms. The molecule has 1 atom stereocenters. The number of rotatable bonds is 6. The molecule has 0 amide bonds. The fourth-order valence-electron chi connectivity index (χ4n) is 0.462. The Labute approximate surface area is 73.9 Å². The fraction of sp³-hybridized carbons (Fsp3) is 0.778. The van der Waals surface area contributed by atoms with Crippen LogP contribution in [0.3, 0.4) is 0 Å². The van der Waals surface area contributed by atoms with Gasteiger partial charge >= 0.3 is 0 Å². The van der Waals surface area contributed by atoms with Gasteiger partial charge < -0.3 is 5.11 Å². The van der Waals surface area contributed by atoms with Crippen LogP contribution in [-0.4, -0.2) is 24.4 Å². The Morgan fingerprint density at radius 3 is 2.67 bits per heavy atom. The van der Waals surface area contributed by atoms with Gasteiger partial charge in [0.15, 0.2) is 0 Å². The third kappa shape index (κ3) is 6.34. The van der Waals surface area contributed by atoms with E-state index < -0.39 is 6.10 Å². The number of hydrogen-bond acceptors (Lipinski definition) is 3. The summed E-state index contributed by atoms with van der Waals surface area (Å²) in [6.45, 7) is 6.50. The molecule has 0 aliphatic carbocycles. The Kier molecular flexibility index (Phi) is 7.05. The minimum absolute atomic E-state index is 0.244. The van der Waals surface area contributed by atoms with Crippen molar-refractivity contribution in [2.45, 2.75) is 33.3 Å². The molecule has 0 spiro atoms. The van der Waals surface area contributed by atoms with E-state index in [0.717, 1.165) is 5.57 Å². The van der Waals surface area contributed by atoms with E-state index in [1.165, 1.54) is 0 Å². The van der Waals surface area contributed by atoms with Gasteiger partial charge in [0.1, 0.15) is 13.2 Å². The third-order valence-electron chi connectivity index (χ3n) is 1.59. The first-order chi connectivity index (χ1) is 5.70. The van der Waals surface area contributed by atoms with E-state index in [9.17, 15) is 0 Å². The van der Waals surface area contributed by atoms with Crippen LogP contribution in [0, 0.1) is 0 Å². The zero-order valence-electron chi connectivity index (χ0n) is 8.04. The van der Waals surface area contributed by atoms with Crippen molar-refractivity contribution in [2.75, 3.05) is 13.2 Å². The lowest BCUT2D eigenvalue weighted by atomic mass is 10.3. The molecular formula is C9H18O3. The van der Waals surface area contributed by atoms with Gasteiger partial charge in [0, 0.05) is 0 Å². The molecule has 0 aliphatic heterocycles. The standard InChI is InChI=1S/C9H18O3/c1-4-8(3)6-11-12-7-9(10)5-2/h4,9-10H,5-7H2,1-3H3/b8-4-. The summed E-state index contributed by atoms with van der Waals surface area (Å²) in [5.74, 6) is 0. The maximum atomic E-state index is 9.06. The quantitative estimate of drug-likeness (QED) is 0.288. The summed E-state index contributed by atoms with van der Waals surface area (Å²) < 4.78 is 0. The van der Waals surface area contributed by atoms with Crippen molar-refractivity contribution in [3.8, 4) is 0 Å². The molecule has 0 bridgehead atoms. The van der Waals surface area contributed by atoms with Crippen LogP contribution in [0.2, 0.25) is 0 Å². The molecule has 0 saturated heterocycles. The van der Waals surface area contributed by atoms with Crippen LogP contribution in [0.15, 0.2) is 11.6 Å². The summed E-state index contributed by atoms with van der Waals surface area (Å²) in [5.41, 5.74) is 1.11. The molecule has 0 aromatic carbocycles. The summed E-state index contributed by atoms with van der Waals surface area (Å²) in [4.78, 5) is 9.60. The Balaban J connectivity index is 3.21. The van der Waals surface area contributed by atoms with Crippen LogP contribution >= 0.6 is 0 Å². The summed E-state index contributed by atoms with van der Waals surface area (Å²) in [6, 6.07) is 0. The van der Waals surface area contributed by atoms with Crippen molar-refractivity contribution in [1.29, 1.82) is 0 Å². The molecular weight excluding hydrogens is 156 g/mol. The van der Waals surface area contributed by atoms with Crippen molar-refractivity contribution in [1.82, 2.24) is 0 Å². The molecule has 0 radical (unpaired) electrons. The van der Waals surface area contributed by atoms with Gasteiger partial charge in [-0.3, -0.25) is 0 Å². The minimum Gasteiger partial charge on any atom is -0.391 e. The highest BCUT2D eigenvalue weighted by Crippen LogP contribution is 1.95. The summed E-state index contributed by atoms with van der Waals surface area (Å²) in [6.07, 6.45) is 2.22. The van der Waals surface area contributed by atoms with Crippen molar-refractivity contribution in [2.24, 2.45) is 0 Å². The van der Waals surface area contributed by atoms with Gasteiger partial charge in [-0.2, -0.15) is 0 Å². The normalized spacial score (nSPS) is 14.8. The van der Waals surface area contributed by atoms with E-state index in [2.05, 4.69) is 0 Å². The second-order valence-electron chi connectivity index (χ2n) is 2.74. The second-order valence-corrected chi connectivity index (χ2v) is 2.74. The molecule has 0 rings (SSSR count). The van der Waals surface area contributed by atoms with Gasteiger partial charge in [-0.1, -0.05) is 13.0 Å². The van der Waals surface area contributed by atoms with Crippen molar-refractivity contribution in [3.05, 3.63) is 11.6 Å². The maximum absolute atomic E-state index is 9.06. The molecule has 0 aromatic heterocycles. The van der Waals surface area contributed by atoms with Gasteiger partial charge in [0.05, 0.1) is 6.10 Å². The lowest BCUT2D eigenvalue weighted by molar-refractivity contribution is -0.298. The van der Waals surface area contributed by atoms with Crippen LogP contribution < -0.4 is 0 Å². The van der Waals surface area contributed by atoms with Crippen molar-refractivity contribution >= 4 is 0 Å². The molecule has 0 heterocycles. The molecule has 0 saturated carbocycles. The van der Waals surface area contributed by atoms with E-state index in [-0.39, 0.29) is 6.61 Å². The molecule has 72 valence electrons. The predicted molar refractivity (Wildman–Crippen MR) is 47.6 cm³/mol. The number of aliphatic hydroxyl groups is 1. The summed E-state index contributed by atoms with van der Waals surface area (Å²) >= 11 is 0. The van der Waals surface area contributed by atoms with Crippen molar-refractivity contribution in [3.63, 3.8) is 0 Å². The van der Waals surface area contributed by atoms with Crippen LogP contribution in [0.25, 0.3) is 0 Å². The lowest BCUT2D eigenvalue weighted by Gasteiger charge is -2.07. The lowest BCUT2D eigenvalue weighted by Crippen LogP contribution is -2.14. The molecule has 1 unspecified atom stereocenters. The topological polar surface area (TPSA) is 38.7 Å². The summed E-state index contributed by atoms with van der Waals surface area (Å²) in [7, 11) is 0. The predicted octanol–water partition coefficient (Wildman–Crippen LogP) is 1.67.